The van der Waals surface area contributed by atoms with Crippen molar-refractivity contribution in [3.8, 4) is 0 Å². The van der Waals surface area contributed by atoms with Crippen LogP contribution >= 0.6 is 0 Å². The summed E-state index contributed by atoms with van der Waals surface area (Å²) in [6.45, 7) is 2.35. The van der Waals surface area contributed by atoms with E-state index in [4.69, 9.17) is 0 Å². The zero-order chi connectivity index (χ0) is 14.1. The monoisotopic (exact) mass is 273 g/mol. The molecule has 1 amide bonds. The lowest BCUT2D eigenvalue weighted by molar-refractivity contribution is -0.126. The molecule has 1 aromatic rings. The average molecular weight is 273 g/mol. The number of fused-ring (bicyclic) bond motifs is 2. The quantitative estimate of drug-likeness (QED) is 0.886. The summed E-state index contributed by atoms with van der Waals surface area (Å²) < 4.78 is 0. The van der Waals surface area contributed by atoms with E-state index < -0.39 is 6.10 Å². The Kier molecular flexibility index (Phi) is 3.79. The van der Waals surface area contributed by atoms with E-state index in [-0.39, 0.29) is 11.8 Å². The predicted octanol–water partition coefficient (Wildman–Crippen LogP) is 2.79. The van der Waals surface area contributed by atoms with Crippen LogP contribution in [0.3, 0.4) is 0 Å². The van der Waals surface area contributed by atoms with Crippen molar-refractivity contribution in [2.45, 2.75) is 45.3 Å². The predicted molar refractivity (Wildman–Crippen MR) is 77.9 cm³/mol. The number of amides is 1. The molecule has 0 spiro atoms. The zero-order valence-electron chi connectivity index (χ0n) is 12.0. The standard InChI is InChI=1S/C17H23NO2/c1-11(19)14-5-2-12(3-6-14)10-18-17(20)16-9-13-4-7-15(16)8-13/h2-3,5-6,11,13,15-16,19H,4,7-10H2,1H3,(H,18,20)/t11-,13+,15+,16-/m1/s1. The second-order valence-corrected chi connectivity index (χ2v) is 6.42. The minimum Gasteiger partial charge on any atom is -0.389 e. The molecule has 108 valence electrons. The third kappa shape index (κ3) is 2.73. The van der Waals surface area contributed by atoms with Crippen molar-refractivity contribution in [2.75, 3.05) is 0 Å². The van der Waals surface area contributed by atoms with Gasteiger partial charge in [-0.1, -0.05) is 30.7 Å². The molecule has 2 aliphatic rings. The maximum Gasteiger partial charge on any atom is 0.223 e. The highest BCUT2D eigenvalue weighted by atomic mass is 16.3. The minimum atomic E-state index is -0.437. The number of benzene rings is 1. The molecule has 0 radical (unpaired) electrons. The van der Waals surface area contributed by atoms with Gasteiger partial charge in [0.1, 0.15) is 0 Å². The molecule has 4 atom stereocenters. The lowest BCUT2D eigenvalue weighted by atomic mass is 9.88. The van der Waals surface area contributed by atoms with E-state index in [2.05, 4.69) is 5.32 Å². The Morgan fingerprint density at radius 2 is 2.05 bits per heavy atom. The number of carbonyl (C=O) groups excluding carboxylic acids is 1. The van der Waals surface area contributed by atoms with Crippen molar-refractivity contribution in [1.29, 1.82) is 0 Å². The molecule has 2 aliphatic carbocycles. The Bertz CT molecular complexity index is 480. The molecule has 2 bridgehead atoms. The molecule has 1 aromatic carbocycles. The normalized spacial score (nSPS) is 29.4. The number of nitrogens with one attached hydrogen (secondary N) is 1. The van der Waals surface area contributed by atoms with Crippen LogP contribution in [-0.4, -0.2) is 11.0 Å². The van der Waals surface area contributed by atoms with Crippen molar-refractivity contribution in [2.24, 2.45) is 17.8 Å². The highest BCUT2D eigenvalue weighted by molar-refractivity contribution is 5.79. The van der Waals surface area contributed by atoms with E-state index in [9.17, 15) is 9.90 Å². The molecule has 3 rings (SSSR count). The van der Waals surface area contributed by atoms with E-state index in [1.165, 1.54) is 19.3 Å². The summed E-state index contributed by atoms with van der Waals surface area (Å²) in [4.78, 5) is 12.2. The van der Waals surface area contributed by atoms with Gasteiger partial charge in [0.15, 0.2) is 0 Å². The highest BCUT2D eigenvalue weighted by Gasteiger charge is 2.42. The second-order valence-electron chi connectivity index (χ2n) is 6.42. The molecule has 2 fully saturated rings. The lowest BCUT2D eigenvalue weighted by Gasteiger charge is -2.20. The van der Waals surface area contributed by atoms with Gasteiger partial charge in [-0.2, -0.15) is 0 Å². The Morgan fingerprint density at radius 1 is 1.30 bits per heavy atom. The minimum absolute atomic E-state index is 0.233. The van der Waals surface area contributed by atoms with Crippen LogP contribution in [0.1, 0.15) is 49.8 Å². The third-order valence-electron chi connectivity index (χ3n) is 5.00. The van der Waals surface area contributed by atoms with Gasteiger partial charge in [-0.25, -0.2) is 0 Å². The fraction of sp³-hybridized carbons (Fsp3) is 0.588. The van der Waals surface area contributed by atoms with Gasteiger partial charge in [-0.15, -0.1) is 0 Å². The van der Waals surface area contributed by atoms with E-state index in [1.54, 1.807) is 6.92 Å². The maximum absolute atomic E-state index is 12.2. The number of aliphatic hydroxyl groups is 1. The fourth-order valence-electron chi connectivity index (χ4n) is 3.80. The summed E-state index contributed by atoms with van der Waals surface area (Å²) in [5, 5.41) is 12.5. The molecular formula is C17H23NO2. The van der Waals surface area contributed by atoms with Crippen molar-refractivity contribution < 1.29 is 9.90 Å². The first kappa shape index (κ1) is 13.6. The van der Waals surface area contributed by atoms with Gasteiger partial charge in [0.2, 0.25) is 5.91 Å². The van der Waals surface area contributed by atoms with Gasteiger partial charge in [0.25, 0.3) is 0 Å². The summed E-state index contributed by atoms with van der Waals surface area (Å²) in [6, 6.07) is 7.79. The first-order valence-electron chi connectivity index (χ1n) is 7.68. The van der Waals surface area contributed by atoms with Crippen LogP contribution in [0, 0.1) is 17.8 Å². The van der Waals surface area contributed by atoms with Crippen LogP contribution in [-0.2, 0) is 11.3 Å². The van der Waals surface area contributed by atoms with Crippen LogP contribution in [0.25, 0.3) is 0 Å². The van der Waals surface area contributed by atoms with E-state index >= 15 is 0 Å². The van der Waals surface area contributed by atoms with Crippen LogP contribution in [0.15, 0.2) is 24.3 Å². The summed E-state index contributed by atoms with van der Waals surface area (Å²) in [5.74, 6) is 1.93. The van der Waals surface area contributed by atoms with Crippen molar-refractivity contribution in [3.05, 3.63) is 35.4 Å². The van der Waals surface area contributed by atoms with Crippen molar-refractivity contribution >= 4 is 5.91 Å². The summed E-state index contributed by atoms with van der Waals surface area (Å²) >= 11 is 0. The van der Waals surface area contributed by atoms with Gasteiger partial charge in [0, 0.05) is 12.5 Å². The van der Waals surface area contributed by atoms with Crippen LogP contribution < -0.4 is 5.32 Å². The van der Waals surface area contributed by atoms with Gasteiger partial charge < -0.3 is 10.4 Å². The van der Waals surface area contributed by atoms with Crippen LogP contribution in [0.5, 0.6) is 0 Å². The lowest BCUT2D eigenvalue weighted by Crippen LogP contribution is -2.33. The second kappa shape index (κ2) is 5.57. The maximum atomic E-state index is 12.2. The molecule has 2 saturated carbocycles. The van der Waals surface area contributed by atoms with E-state index in [0.29, 0.717) is 12.5 Å². The SMILES string of the molecule is C[C@@H](O)c1ccc(CNC(=O)[C@@H]2C[C@H]3CC[C@H]2C3)cc1. The number of carbonyl (C=O) groups is 1. The Labute approximate surface area is 120 Å². The summed E-state index contributed by atoms with van der Waals surface area (Å²) in [7, 11) is 0. The van der Waals surface area contributed by atoms with E-state index in [1.807, 2.05) is 24.3 Å². The molecule has 3 nitrogen and oxygen atoms in total. The molecule has 0 saturated heterocycles. The molecule has 2 N–H and O–H groups in total. The van der Waals surface area contributed by atoms with Crippen LogP contribution in [0.4, 0.5) is 0 Å². The first-order valence-corrected chi connectivity index (χ1v) is 7.68. The van der Waals surface area contributed by atoms with Crippen molar-refractivity contribution in [1.82, 2.24) is 5.32 Å². The molecule has 0 aromatic heterocycles. The molecule has 3 heteroatoms. The smallest absolute Gasteiger partial charge is 0.223 e. The van der Waals surface area contributed by atoms with Gasteiger partial charge in [0.05, 0.1) is 6.10 Å². The number of hydrogen-bond donors (Lipinski definition) is 2. The summed E-state index contributed by atoms with van der Waals surface area (Å²) in [5.41, 5.74) is 2.00. The number of hydrogen-bond acceptors (Lipinski definition) is 2. The zero-order valence-corrected chi connectivity index (χ0v) is 12.0. The average Bonchev–Trinajstić information content (AvgIpc) is 3.08. The molecular weight excluding hydrogens is 250 g/mol. The third-order valence-corrected chi connectivity index (χ3v) is 5.00. The van der Waals surface area contributed by atoms with E-state index in [0.717, 1.165) is 23.5 Å². The largest absolute Gasteiger partial charge is 0.389 e. The van der Waals surface area contributed by atoms with Crippen molar-refractivity contribution in [3.63, 3.8) is 0 Å². The first-order chi connectivity index (χ1) is 9.63. The Morgan fingerprint density at radius 3 is 2.60 bits per heavy atom. The highest BCUT2D eigenvalue weighted by Crippen LogP contribution is 2.48. The van der Waals surface area contributed by atoms with Gasteiger partial charge >= 0.3 is 0 Å². The van der Waals surface area contributed by atoms with Gasteiger partial charge in [-0.3, -0.25) is 4.79 Å². The van der Waals surface area contributed by atoms with Gasteiger partial charge in [-0.05, 0) is 49.1 Å². The number of aliphatic hydroxyl groups excluding tert-OH is 1. The Balaban J connectivity index is 1.53. The molecule has 0 heterocycles. The summed E-state index contributed by atoms with van der Waals surface area (Å²) in [6.07, 6.45) is 4.49. The Hall–Kier alpha value is -1.35. The molecule has 0 aliphatic heterocycles. The fourth-order valence-corrected chi connectivity index (χ4v) is 3.80. The number of rotatable bonds is 4. The van der Waals surface area contributed by atoms with Crippen LogP contribution in [0.2, 0.25) is 0 Å². The topological polar surface area (TPSA) is 49.3 Å². The molecule has 0 unspecified atom stereocenters. The molecule has 20 heavy (non-hydrogen) atoms.